The summed E-state index contributed by atoms with van der Waals surface area (Å²) < 4.78 is 49.2. The number of benzene rings is 8. The second-order valence-corrected chi connectivity index (χ2v) is 15.2. The van der Waals surface area contributed by atoms with Crippen molar-refractivity contribution in [2.45, 2.75) is 20.0 Å². The molecule has 0 saturated carbocycles. The molecule has 0 saturated heterocycles. The normalized spacial score (nSPS) is 11.7. The molecular formula is C53H33F3N4. The molecule has 2 heterocycles. The predicted molar refractivity (Wildman–Crippen MR) is 235 cm³/mol. The molecule has 60 heavy (non-hydrogen) atoms. The molecule has 4 nitrogen and oxygen atoms in total. The lowest BCUT2D eigenvalue weighted by Gasteiger charge is -2.21. The Kier molecular flexibility index (Phi) is 8.45. The minimum absolute atomic E-state index is 0.0614. The summed E-state index contributed by atoms with van der Waals surface area (Å²) >= 11 is 0. The average Bonchev–Trinajstić information content (AvgIpc) is 3.77. The van der Waals surface area contributed by atoms with Crippen molar-refractivity contribution in [1.29, 1.82) is 10.5 Å². The number of alkyl halides is 3. The summed E-state index contributed by atoms with van der Waals surface area (Å²) in [6.07, 6.45) is -4.80. The van der Waals surface area contributed by atoms with Gasteiger partial charge < -0.3 is 9.13 Å². The first-order chi connectivity index (χ1) is 29.1. The molecule has 0 radical (unpaired) electrons. The van der Waals surface area contributed by atoms with E-state index >= 15 is 0 Å². The highest BCUT2D eigenvalue weighted by atomic mass is 19.4. The molecule has 0 amide bonds. The maximum atomic E-state index is 15.0. The van der Waals surface area contributed by atoms with Crippen LogP contribution in [0.4, 0.5) is 13.2 Å². The van der Waals surface area contributed by atoms with E-state index in [1.54, 1.807) is 12.1 Å². The van der Waals surface area contributed by atoms with Gasteiger partial charge in [0.05, 0.1) is 62.3 Å². The third kappa shape index (κ3) is 5.74. The minimum atomic E-state index is -4.80. The highest BCUT2D eigenvalue weighted by Gasteiger charge is 2.35. The molecular weight excluding hydrogens is 750 g/mol. The Bertz CT molecular complexity index is 3480. The first-order valence-corrected chi connectivity index (χ1v) is 19.5. The quantitative estimate of drug-likeness (QED) is 0.175. The number of aryl methyl sites for hydroxylation is 2. The van der Waals surface area contributed by atoms with Crippen LogP contribution in [0.2, 0.25) is 0 Å². The molecule has 2 aromatic heterocycles. The summed E-state index contributed by atoms with van der Waals surface area (Å²) in [5, 5.41) is 24.5. The molecule has 0 aliphatic carbocycles. The van der Waals surface area contributed by atoms with Gasteiger partial charge >= 0.3 is 6.18 Å². The van der Waals surface area contributed by atoms with Gasteiger partial charge in [-0.05, 0) is 101 Å². The van der Waals surface area contributed by atoms with Crippen molar-refractivity contribution in [1.82, 2.24) is 9.13 Å². The van der Waals surface area contributed by atoms with E-state index in [1.807, 2.05) is 66.7 Å². The third-order valence-electron chi connectivity index (χ3n) is 11.7. The number of rotatable bonds is 5. The van der Waals surface area contributed by atoms with Crippen LogP contribution in [0, 0.1) is 36.5 Å². The Hall–Kier alpha value is -7.87. The van der Waals surface area contributed by atoms with Crippen molar-refractivity contribution in [3.05, 3.63) is 192 Å². The van der Waals surface area contributed by atoms with E-state index in [-0.39, 0.29) is 22.3 Å². The van der Waals surface area contributed by atoms with E-state index in [4.69, 9.17) is 0 Å². The van der Waals surface area contributed by atoms with Crippen molar-refractivity contribution in [3.63, 3.8) is 0 Å². The summed E-state index contributed by atoms with van der Waals surface area (Å²) in [6.45, 7) is 4.15. The van der Waals surface area contributed by atoms with Crippen molar-refractivity contribution in [2.24, 2.45) is 0 Å². The van der Waals surface area contributed by atoms with Gasteiger partial charge in [-0.2, -0.15) is 23.7 Å². The topological polar surface area (TPSA) is 57.4 Å². The average molecular weight is 783 g/mol. The van der Waals surface area contributed by atoms with Crippen molar-refractivity contribution < 1.29 is 13.2 Å². The van der Waals surface area contributed by atoms with Crippen molar-refractivity contribution >= 4 is 43.6 Å². The van der Waals surface area contributed by atoms with E-state index in [9.17, 15) is 23.7 Å². The Morgan fingerprint density at radius 2 is 0.917 bits per heavy atom. The SMILES string of the molecule is Cc1ccccc1-c1ccc2c3ccccc3n(-c3cc(C#N)c(-c4ccc(C#N)cc4C(F)(F)F)cc3-n3c4ccccc4c4ccc(-c5ccccc5C)cc43)c2c1. The number of nitriles is 2. The minimum Gasteiger partial charge on any atom is -0.307 e. The zero-order valence-electron chi connectivity index (χ0n) is 32.5. The van der Waals surface area contributed by atoms with E-state index in [0.717, 1.165) is 83.1 Å². The van der Waals surface area contributed by atoms with Gasteiger partial charge in [0.1, 0.15) is 0 Å². The van der Waals surface area contributed by atoms with Crippen LogP contribution in [-0.4, -0.2) is 9.13 Å². The second-order valence-electron chi connectivity index (χ2n) is 15.2. The maximum Gasteiger partial charge on any atom is 0.417 e. The van der Waals surface area contributed by atoms with Gasteiger partial charge in [-0.15, -0.1) is 0 Å². The molecule has 0 fully saturated rings. The number of hydrogen-bond acceptors (Lipinski definition) is 2. The molecule has 0 atom stereocenters. The van der Waals surface area contributed by atoms with Gasteiger partial charge in [-0.1, -0.05) is 115 Å². The highest BCUT2D eigenvalue weighted by molar-refractivity contribution is 6.13. The van der Waals surface area contributed by atoms with Crippen LogP contribution in [0.25, 0.3) is 88.4 Å². The van der Waals surface area contributed by atoms with Gasteiger partial charge in [0.2, 0.25) is 0 Å². The number of aromatic nitrogens is 2. The van der Waals surface area contributed by atoms with Crippen molar-refractivity contribution in [2.75, 3.05) is 0 Å². The van der Waals surface area contributed by atoms with Crippen molar-refractivity contribution in [3.8, 4) is 56.9 Å². The molecule has 286 valence electrons. The number of nitrogens with zero attached hydrogens (tertiary/aromatic N) is 4. The van der Waals surface area contributed by atoms with Gasteiger partial charge in [-0.25, -0.2) is 0 Å². The molecule has 0 spiro atoms. The summed E-state index contributed by atoms with van der Waals surface area (Å²) in [7, 11) is 0. The fourth-order valence-electron chi connectivity index (χ4n) is 8.92. The smallest absolute Gasteiger partial charge is 0.307 e. The summed E-state index contributed by atoms with van der Waals surface area (Å²) in [6, 6.07) is 56.4. The number of halogens is 3. The number of fused-ring (bicyclic) bond motifs is 6. The lowest BCUT2D eigenvalue weighted by molar-refractivity contribution is -0.137. The fraction of sp³-hybridized carbons (Fsp3) is 0.0566. The highest BCUT2D eigenvalue weighted by Crippen LogP contribution is 2.45. The van der Waals surface area contributed by atoms with Gasteiger partial charge in [-0.3, -0.25) is 0 Å². The van der Waals surface area contributed by atoms with Gasteiger partial charge in [0.25, 0.3) is 0 Å². The van der Waals surface area contributed by atoms with E-state index in [0.29, 0.717) is 11.4 Å². The van der Waals surface area contributed by atoms with Crippen LogP contribution >= 0.6 is 0 Å². The molecule has 0 aliphatic heterocycles. The fourth-order valence-corrected chi connectivity index (χ4v) is 8.92. The summed E-state index contributed by atoms with van der Waals surface area (Å²) in [4.78, 5) is 0. The van der Waals surface area contributed by atoms with Crippen LogP contribution in [0.5, 0.6) is 0 Å². The number of para-hydroxylation sites is 2. The first kappa shape index (κ1) is 36.5. The van der Waals surface area contributed by atoms with Crippen LogP contribution in [0.15, 0.2) is 164 Å². The van der Waals surface area contributed by atoms with Crippen LogP contribution < -0.4 is 0 Å². The number of hydrogen-bond donors (Lipinski definition) is 0. The zero-order valence-corrected chi connectivity index (χ0v) is 32.5. The first-order valence-electron chi connectivity index (χ1n) is 19.5. The molecule has 0 bridgehead atoms. The Labute approximate surface area is 343 Å². The summed E-state index contributed by atoms with van der Waals surface area (Å²) in [5.74, 6) is 0. The third-order valence-corrected chi connectivity index (χ3v) is 11.7. The maximum absolute atomic E-state index is 15.0. The predicted octanol–water partition coefficient (Wildman–Crippen LogP) is 14.3. The Morgan fingerprint density at radius 1 is 0.433 bits per heavy atom. The largest absolute Gasteiger partial charge is 0.417 e. The van der Waals surface area contributed by atoms with E-state index in [1.165, 1.54) is 12.1 Å². The molecule has 10 aromatic rings. The van der Waals surface area contributed by atoms with Gasteiger partial charge in [0, 0.05) is 27.1 Å². The molecule has 0 N–H and O–H groups in total. The summed E-state index contributed by atoms with van der Waals surface area (Å²) in [5.41, 5.74) is 9.91. The lowest BCUT2D eigenvalue weighted by atomic mass is 9.92. The van der Waals surface area contributed by atoms with E-state index < -0.39 is 11.7 Å². The molecule has 0 aliphatic rings. The van der Waals surface area contributed by atoms with Gasteiger partial charge in [0.15, 0.2) is 0 Å². The lowest BCUT2D eigenvalue weighted by Crippen LogP contribution is -2.10. The van der Waals surface area contributed by atoms with Crippen LogP contribution in [0.3, 0.4) is 0 Å². The standard InChI is InChI=1S/C53H33F3N4/c1-32-11-3-5-13-38(32)35-20-23-43-41-15-7-9-17-47(41)59(49(43)26-35)51-28-37(31-58)45(40-22-19-34(30-57)25-46(40)53(54,55)56)29-52(51)60-48-18-10-8-16-42(48)44-24-21-36(27-50(44)60)39-14-6-4-12-33(39)2/h3-29H,1-2H3. The molecule has 10 rings (SSSR count). The molecule has 7 heteroatoms. The Morgan fingerprint density at radius 3 is 1.42 bits per heavy atom. The molecule has 0 unspecified atom stereocenters. The molecule has 8 aromatic carbocycles. The second kappa shape index (κ2) is 13.9. The Balaban J connectivity index is 1.39. The monoisotopic (exact) mass is 782 g/mol. The zero-order chi connectivity index (χ0) is 41.3. The van der Waals surface area contributed by atoms with E-state index in [2.05, 4.69) is 102 Å². The van der Waals surface area contributed by atoms with Crippen LogP contribution in [-0.2, 0) is 6.18 Å². The van der Waals surface area contributed by atoms with Crippen LogP contribution in [0.1, 0.15) is 27.8 Å².